The second-order valence-corrected chi connectivity index (χ2v) is 8.48. The summed E-state index contributed by atoms with van der Waals surface area (Å²) in [6, 6.07) is 5.20. The van der Waals surface area contributed by atoms with Crippen LogP contribution >= 0.6 is 11.3 Å². The highest BCUT2D eigenvalue weighted by Gasteiger charge is 2.19. The number of benzene rings is 1. The summed E-state index contributed by atoms with van der Waals surface area (Å²) in [6.07, 6.45) is 0.643. The zero-order valence-electron chi connectivity index (χ0n) is 18.1. The first-order chi connectivity index (χ1) is 15.9. The van der Waals surface area contributed by atoms with Crippen molar-refractivity contribution < 1.29 is 23.9 Å². The van der Waals surface area contributed by atoms with E-state index in [4.69, 9.17) is 9.47 Å². The minimum Gasteiger partial charge on any atom is -0.482 e. The second kappa shape index (κ2) is 9.41. The highest BCUT2D eigenvalue weighted by molar-refractivity contribution is 7.18. The van der Waals surface area contributed by atoms with Crippen LogP contribution in [0.3, 0.4) is 0 Å². The Labute approximate surface area is 192 Å². The minimum atomic E-state index is -0.536. The number of hydrogen-bond acceptors (Lipinski definition) is 8. The van der Waals surface area contributed by atoms with Crippen molar-refractivity contribution in [1.82, 2.24) is 15.3 Å². The number of nitrogens with one attached hydrogen (secondary N) is 3. The molecule has 0 saturated heterocycles. The summed E-state index contributed by atoms with van der Waals surface area (Å²) in [7, 11) is 0. The zero-order valence-corrected chi connectivity index (χ0v) is 18.9. The fourth-order valence-corrected chi connectivity index (χ4v) is 4.67. The highest BCUT2D eigenvalue weighted by atomic mass is 32.1. The molecule has 3 N–H and O–H groups in total. The number of anilines is 1. The molecule has 0 bridgehead atoms. The van der Waals surface area contributed by atoms with Crippen LogP contribution in [0.4, 0.5) is 5.69 Å². The Hall–Kier alpha value is -3.73. The van der Waals surface area contributed by atoms with E-state index in [2.05, 4.69) is 20.6 Å². The number of aromatic amines is 1. The fraction of sp³-hybridized carbons (Fsp3) is 0.318. The number of carbonyl (C=O) groups excluding carboxylic acids is 3. The van der Waals surface area contributed by atoms with Crippen molar-refractivity contribution >= 4 is 45.0 Å². The molecule has 1 aromatic carbocycles. The van der Waals surface area contributed by atoms with Crippen LogP contribution in [0.5, 0.6) is 5.75 Å². The highest BCUT2D eigenvalue weighted by Crippen LogP contribution is 2.29. The summed E-state index contributed by atoms with van der Waals surface area (Å²) < 4.78 is 10.3. The normalized spacial score (nSPS) is 12.6. The van der Waals surface area contributed by atoms with E-state index in [1.165, 1.54) is 11.3 Å². The van der Waals surface area contributed by atoms with Crippen LogP contribution in [0, 0.1) is 6.92 Å². The lowest BCUT2D eigenvalue weighted by atomic mass is 10.1. The molecule has 0 spiro atoms. The van der Waals surface area contributed by atoms with Gasteiger partial charge >= 0.3 is 5.97 Å². The predicted molar refractivity (Wildman–Crippen MR) is 122 cm³/mol. The monoisotopic (exact) mass is 470 g/mol. The molecule has 4 rings (SSSR count). The molecule has 0 aliphatic carbocycles. The molecule has 10 nitrogen and oxygen atoms in total. The number of amides is 2. The van der Waals surface area contributed by atoms with Gasteiger partial charge in [0.1, 0.15) is 10.6 Å². The Morgan fingerprint density at radius 3 is 2.91 bits per heavy atom. The van der Waals surface area contributed by atoms with Crippen LogP contribution in [-0.2, 0) is 27.3 Å². The van der Waals surface area contributed by atoms with Gasteiger partial charge in [-0.15, -0.1) is 11.3 Å². The number of rotatable bonds is 7. The minimum absolute atomic E-state index is 0.0304. The van der Waals surface area contributed by atoms with Crippen LogP contribution in [0.15, 0.2) is 23.0 Å². The molecule has 0 radical (unpaired) electrons. The quantitative estimate of drug-likeness (QED) is 0.449. The first kappa shape index (κ1) is 22.5. The summed E-state index contributed by atoms with van der Waals surface area (Å²) in [6.45, 7) is 4.00. The van der Waals surface area contributed by atoms with Gasteiger partial charge in [0.25, 0.3) is 17.4 Å². The van der Waals surface area contributed by atoms with Gasteiger partial charge in [-0.3, -0.25) is 19.2 Å². The largest absolute Gasteiger partial charge is 0.482 e. The lowest BCUT2D eigenvalue weighted by molar-refractivity contribution is -0.143. The lowest BCUT2D eigenvalue weighted by Gasteiger charge is -2.18. The van der Waals surface area contributed by atoms with Gasteiger partial charge in [-0.05, 0) is 43.5 Å². The number of H-pyrrole nitrogens is 1. The molecule has 0 atom stereocenters. The molecule has 0 saturated carbocycles. The molecule has 11 heteroatoms. The van der Waals surface area contributed by atoms with E-state index in [1.54, 1.807) is 32.0 Å². The van der Waals surface area contributed by atoms with Gasteiger partial charge < -0.3 is 25.1 Å². The lowest BCUT2D eigenvalue weighted by Crippen LogP contribution is -2.28. The molecule has 1 aliphatic heterocycles. The number of fused-ring (bicyclic) bond motifs is 2. The standard InChI is InChI=1S/C22H22N4O6S/c1-3-31-17(28)7-6-15-11(2)18-20(29)25-19(26-22(18)33-15)21(30)23-9-12-4-5-14-13(8-12)24-16(27)10-32-14/h4-5,8H,3,6-7,9-10H2,1-2H3,(H,23,30)(H,24,27)(H,25,26,29). The summed E-state index contributed by atoms with van der Waals surface area (Å²) in [5, 5.41) is 5.85. The number of hydrogen-bond donors (Lipinski definition) is 3. The van der Waals surface area contributed by atoms with Crippen molar-refractivity contribution in [3.05, 3.63) is 50.4 Å². The van der Waals surface area contributed by atoms with Crippen LogP contribution < -0.4 is 20.9 Å². The second-order valence-electron chi connectivity index (χ2n) is 7.40. The average molecular weight is 471 g/mol. The number of ether oxygens (including phenoxy) is 2. The van der Waals surface area contributed by atoms with Crippen molar-refractivity contribution in [2.75, 3.05) is 18.5 Å². The van der Waals surface area contributed by atoms with E-state index >= 15 is 0 Å². The number of nitrogens with zero attached hydrogens (tertiary/aromatic N) is 1. The maximum Gasteiger partial charge on any atom is 0.306 e. The van der Waals surface area contributed by atoms with Gasteiger partial charge in [0.05, 0.1) is 24.1 Å². The molecular weight excluding hydrogens is 448 g/mol. The summed E-state index contributed by atoms with van der Waals surface area (Å²) in [4.78, 5) is 56.6. The van der Waals surface area contributed by atoms with Crippen molar-refractivity contribution in [2.24, 2.45) is 0 Å². The molecule has 172 valence electrons. The summed E-state index contributed by atoms with van der Waals surface area (Å²) in [5.41, 5.74) is 1.62. The van der Waals surface area contributed by atoms with Gasteiger partial charge in [0.2, 0.25) is 5.82 Å². The topological polar surface area (TPSA) is 139 Å². The van der Waals surface area contributed by atoms with E-state index in [9.17, 15) is 19.2 Å². The summed E-state index contributed by atoms with van der Waals surface area (Å²) >= 11 is 1.29. The first-order valence-corrected chi connectivity index (χ1v) is 11.2. The molecule has 33 heavy (non-hydrogen) atoms. The maximum absolute atomic E-state index is 12.6. The van der Waals surface area contributed by atoms with Crippen LogP contribution in [-0.4, -0.2) is 41.0 Å². The van der Waals surface area contributed by atoms with Gasteiger partial charge in [0, 0.05) is 11.4 Å². The molecular formula is C22H22N4O6S. The number of aromatic nitrogens is 2. The summed E-state index contributed by atoms with van der Waals surface area (Å²) in [5.74, 6) is -0.615. The molecule has 3 heterocycles. The Morgan fingerprint density at radius 1 is 1.30 bits per heavy atom. The molecule has 0 unspecified atom stereocenters. The van der Waals surface area contributed by atoms with E-state index in [1.807, 2.05) is 0 Å². The Kier molecular flexibility index (Phi) is 6.40. The van der Waals surface area contributed by atoms with Gasteiger partial charge in [-0.25, -0.2) is 4.98 Å². The Balaban J connectivity index is 1.48. The number of esters is 1. The predicted octanol–water partition coefficient (Wildman–Crippen LogP) is 2.05. The van der Waals surface area contributed by atoms with E-state index < -0.39 is 11.5 Å². The number of carbonyl (C=O) groups is 3. The number of aryl methyl sites for hydroxylation is 2. The van der Waals surface area contributed by atoms with Crippen molar-refractivity contribution in [3.63, 3.8) is 0 Å². The molecule has 0 fully saturated rings. The Morgan fingerprint density at radius 2 is 2.12 bits per heavy atom. The molecule has 1 aliphatic rings. The van der Waals surface area contributed by atoms with Crippen LogP contribution in [0.25, 0.3) is 10.2 Å². The van der Waals surface area contributed by atoms with Crippen LogP contribution in [0.2, 0.25) is 0 Å². The zero-order chi connectivity index (χ0) is 23.5. The smallest absolute Gasteiger partial charge is 0.306 e. The SMILES string of the molecule is CCOC(=O)CCc1sc2nc(C(=O)NCc3ccc4c(c3)NC(=O)CO4)[nH]c(=O)c2c1C. The maximum atomic E-state index is 12.6. The van der Waals surface area contributed by atoms with Gasteiger partial charge in [0.15, 0.2) is 6.61 Å². The molecule has 2 aromatic heterocycles. The van der Waals surface area contributed by atoms with E-state index in [0.29, 0.717) is 34.7 Å². The fourth-order valence-electron chi connectivity index (χ4n) is 3.49. The van der Waals surface area contributed by atoms with Crippen LogP contribution in [0.1, 0.15) is 40.0 Å². The molecule has 2 amide bonds. The van der Waals surface area contributed by atoms with Crippen molar-refractivity contribution in [2.45, 2.75) is 33.2 Å². The Bertz CT molecular complexity index is 1310. The van der Waals surface area contributed by atoms with Gasteiger partial charge in [-0.1, -0.05) is 6.07 Å². The third-order valence-corrected chi connectivity index (χ3v) is 6.35. The molecule has 3 aromatic rings. The van der Waals surface area contributed by atoms with E-state index in [0.717, 1.165) is 16.0 Å². The van der Waals surface area contributed by atoms with E-state index in [-0.39, 0.29) is 37.3 Å². The first-order valence-electron chi connectivity index (χ1n) is 10.4. The van der Waals surface area contributed by atoms with Crippen molar-refractivity contribution in [1.29, 1.82) is 0 Å². The van der Waals surface area contributed by atoms with Crippen molar-refractivity contribution in [3.8, 4) is 5.75 Å². The third-order valence-electron chi connectivity index (χ3n) is 5.11. The number of thiophene rings is 1. The third kappa shape index (κ3) is 4.87. The average Bonchev–Trinajstić information content (AvgIpc) is 3.11. The van der Waals surface area contributed by atoms with Gasteiger partial charge in [-0.2, -0.15) is 0 Å².